The summed E-state index contributed by atoms with van der Waals surface area (Å²) in [5.74, 6) is 0.367. The van der Waals surface area contributed by atoms with E-state index >= 15 is 0 Å². The van der Waals surface area contributed by atoms with E-state index < -0.39 is 0 Å². The van der Waals surface area contributed by atoms with Crippen LogP contribution < -0.4 is 5.32 Å². The van der Waals surface area contributed by atoms with Gasteiger partial charge in [0, 0.05) is 30.8 Å². The first kappa shape index (κ1) is 18.2. The van der Waals surface area contributed by atoms with E-state index in [1.165, 1.54) is 0 Å². The van der Waals surface area contributed by atoms with E-state index in [1.54, 1.807) is 24.3 Å². The van der Waals surface area contributed by atoms with Crippen molar-refractivity contribution in [2.75, 3.05) is 19.6 Å². The molecule has 0 heterocycles. The Morgan fingerprint density at radius 3 is 1.95 bits per heavy atom. The molecule has 0 fully saturated rings. The fraction of sp³-hybridized carbons (Fsp3) is 0.556. The SMILES string of the molecule is CCCN(CCC)C(=O)c1ccc(C(=O)NCC(C)C)cc1. The molecule has 1 aromatic rings. The van der Waals surface area contributed by atoms with Crippen LogP contribution in [0.15, 0.2) is 24.3 Å². The average molecular weight is 304 g/mol. The smallest absolute Gasteiger partial charge is 0.253 e. The molecule has 0 aliphatic carbocycles. The number of hydrogen-bond acceptors (Lipinski definition) is 2. The molecule has 0 aromatic heterocycles. The maximum atomic E-state index is 12.4. The van der Waals surface area contributed by atoms with Crippen LogP contribution >= 0.6 is 0 Å². The minimum absolute atomic E-state index is 0.0397. The molecular formula is C18H28N2O2. The van der Waals surface area contributed by atoms with E-state index in [0.717, 1.165) is 25.9 Å². The summed E-state index contributed by atoms with van der Waals surface area (Å²) in [6, 6.07) is 6.92. The minimum atomic E-state index is -0.0910. The molecule has 2 amide bonds. The third-order valence-electron chi connectivity index (χ3n) is 3.34. The highest BCUT2D eigenvalue weighted by atomic mass is 16.2. The average Bonchev–Trinajstić information content (AvgIpc) is 2.52. The van der Waals surface area contributed by atoms with Crippen molar-refractivity contribution >= 4 is 11.8 Å². The standard InChI is InChI=1S/C18H28N2O2/c1-5-11-20(12-6-2)18(22)16-9-7-15(8-10-16)17(21)19-13-14(3)4/h7-10,14H,5-6,11-13H2,1-4H3,(H,19,21). The number of nitrogens with one attached hydrogen (secondary N) is 1. The third kappa shape index (κ3) is 5.51. The molecule has 22 heavy (non-hydrogen) atoms. The van der Waals surface area contributed by atoms with Gasteiger partial charge in [-0.3, -0.25) is 9.59 Å². The summed E-state index contributed by atoms with van der Waals surface area (Å²) in [6.07, 6.45) is 1.89. The first-order chi connectivity index (χ1) is 10.5. The summed E-state index contributed by atoms with van der Waals surface area (Å²) in [6.45, 7) is 10.4. The quantitative estimate of drug-likeness (QED) is 0.801. The molecule has 0 aliphatic rings. The Morgan fingerprint density at radius 1 is 1.00 bits per heavy atom. The number of carbonyl (C=O) groups is 2. The van der Waals surface area contributed by atoms with Gasteiger partial charge in [-0.2, -0.15) is 0 Å². The lowest BCUT2D eigenvalue weighted by Crippen LogP contribution is -2.32. The normalized spacial score (nSPS) is 10.6. The Bertz CT molecular complexity index is 474. The molecule has 0 radical (unpaired) electrons. The number of amides is 2. The van der Waals surface area contributed by atoms with Crippen LogP contribution in [-0.2, 0) is 0 Å². The summed E-state index contributed by atoms with van der Waals surface area (Å²) >= 11 is 0. The fourth-order valence-electron chi connectivity index (χ4n) is 2.20. The van der Waals surface area contributed by atoms with Crippen molar-refractivity contribution in [3.05, 3.63) is 35.4 Å². The molecule has 0 bridgehead atoms. The fourth-order valence-corrected chi connectivity index (χ4v) is 2.20. The largest absolute Gasteiger partial charge is 0.352 e. The number of hydrogen-bond donors (Lipinski definition) is 1. The van der Waals surface area contributed by atoms with Crippen molar-refractivity contribution in [1.82, 2.24) is 10.2 Å². The molecule has 0 unspecified atom stereocenters. The Kier molecular flexibility index (Phi) is 7.64. The molecule has 0 aliphatic heterocycles. The van der Waals surface area contributed by atoms with Crippen molar-refractivity contribution in [1.29, 1.82) is 0 Å². The summed E-state index contributed by atoms with van der Waals surface area (Å²) in [7, 11) is 0. The van der Waals surface area contributed by atoms with Gasteiger partial charge in [-0.25, -0.2) is 0 Å². The summed E-state index contributed by atoms with van der Waals surface area (Å²) < 4.78 is 0. The first-order valence-corrected chi connectivity index (χ1v) is 8.17. The Balaban J connectivity index is 2.74. The van der Waals surface area contributed by atoms with Gasteiger partial charge in [0.1, 0.15) is 0 Å². The highest BCUT2D eigenvalue weighted by Crippen LogP contribution is 2.09. The van der Waals surface area contributed by atoms with Crippen LogP contribution in [0.25, 0.3) is 0 Å². The lowest BCUT2D eigenvalue weighted by Gasteiger charge is -2.21. The van der Waals surface area contributed by atoms with E-state index in [9.17, 15) is 9.59 Å². The van der Waals surface area contributed by atoms with E-state index in [4.69, 9.17) is 0 Å². The molecule has 4 heteroatoms. The van der Waals surface area contributed by atoms with E-state index in [1.807, 2.05) is 4.90 Å². The van der Waals surface area contributed by atoms with Gasteiger partial charge in [0.15, 0.2) is 0 Å². The van der Waals surface area contributed by atoms with Crippen LogP contribution in [0.2, 0.25) is 0 Å². The zero-order valence-electron chi connectivity index (χ0n) is 14.2. The molecule has 1 N–H and O–H groups in total. The van der Waals surface area contributed by atoms with Gasteiger partial charge in [0.05, 0.1) is 0 Å². The Labute approximate surface area is 133 Å². The van der Waals surface area contributed by atoms with Crippen LogP contribution in [0.1, 0.15) is 61.3 Å². The van der Waals surface area contributed by atoms with Gasteiger partial charge < -0.3 is 10.2 Å². The molecule has 0 saturated heterocycles. The number of carbonyl (C=O) groups excluding carboxylic acids is 2. The Morgan fingerprint density at radius 2 is 1.50 bits per heavy atom. The summed E-state index contributed by atoms with van der Waals surface area (Å²) in [5.41, 5.74) is 1.23. The monoisotopic (exact) mass is 304 g/mol. The number of benzene rings is 1. The van der Waals surface area contributed by atoms with Crippen molar-refractivity contribution in [2.24, 2.45) is 5.92 Å². The molecule has 0 saturated carbocycles. The zero-order valence-corrected chi connectivity index (χ0v) is 14.2. The van der Waals surface area contributed by atoms with Crippen molar-refractivity contribution in [3.63, 3.8) is 0 Å². The topological polar surface area (TPSA) is 49.4 Å². The predicted octanol–water partition coefficient (Wildman–Crippen LogP) is 3.33. The third-order valence-corrected chi connectivity index (χ3v) is 3.34. The molecule has 1 aromatic carbocycles. The maximum Gasteiger partial charge on any atom is 0.253 e. The van der Waals surface area contributed by atoms with E-state index in [2.05, 4.69) is 33.0 Å². The van der Waals surface area contributed by atoms with Gasteiger partial charge in [-0.05, 0) is 43.0 Å². The highest BCUT2D eigenvalue weighted by Gasteiger charge is 2.15. The van der Waals surface area contributed by atoms with Crippen LogP contribution in [0.4, 0.5) is 0 Å². The van der Waals surface area contributed by atoms with Crippen molar-refractivity contribution in [3.8, 4) is 0 Å². The second kappa shape index (κ2) is 9.23. The van der Waals surface area contributed by atoms with Crippen LogP contribution in [0.3, 0.4) is 0 Å². The Hall–Kier alpha value is -1.84. The number of rotatable bonds is 8. The summed E-state index contributed by atoms with van der Waals surface area (Å²) in [4.78, 5) is 26.3. The second-order valence-corrected chi connectivity index (χ2v) is 5.97. The van der Waals surface area contributed by atoms with Gasteiger partial charge in [0.25, 0.3) is 11.8 Å². The predicted molar refractivity (Wildman–Crippen MR) is 90.1 cm³/mol. The second-order valence-electron chi connectivity index (χ2n) is 5.97. The lowest BCUT2D eigenvalue weighted by atomic mass is 10.1. The van der Waals surface area contributed by atoms with E-state index in [-0.39, 0.29) is 11.8 Å². The number of nitrogens with zero attached hydrogens (tertiary/aromatic N) is 1. The molecule has 122 valence electrons. The van der Waals surface area contributed by atoms with Crippen molar-refractivity contribution in [2.45, 2.75) is 40.5 Å². The molecule has 0 atom stereocenters. The molecular weight excluding hydrogens is 276 g/mol. The molecule has 1 rings (SSSR count). The maximum absolute atomic E-state index is 12.4. The highest BCUT2D eigenvalue weighted by molar-refractivity contribution is 5.97. The summed E-state index contributed by atoms with van der Waals surface area (Å²) in [5, 5.41) is 2.88. The van der Waals surface area contributed by atoms with Crippen LogP contribution in [-0.4, -0.2) is 36.3 Å². The molecule has 4 nitrogen and oxygen atoms in total. The van der Waals surface area contributed by atoms with Gasteiger partial charge in [0.2, 0.25) is 0 Å². The van der Waals surface area contributed by atoms with Crippen molar-refractivity contribution < 1.29 is 9.59 Å². The van der Waals surface area contributed by atoms with Gasteiger partial charge >= 0.3 is 0 Å². The zero-order chi connectivity index (χ0) is 16.5. The molecule has 0 spiro atoms. The van der Waals surface area contributed by atoms with Crippen LogP contribution in [0.5, 0.6) is 0 Å². The van der Waals surface area contributed by atoms with Gasteiger partial charge in [-0.1, -0.05) is 27.7 Å². The van der Waals surface area contributed by atoms with Gasteiger partial charge in [-0.15, -0.1) is 0 Å². The van der Waals surface area contributed by atoms with Crippen LogP contribution in [0, 0.1) is 5.92 Å². The first-order valence-electron chi connectivity index (χ1n) is 8.17. The minimum Gasteiger partial charge on any atom is -0.352 e. The van der Waals surface area contributed by atoms with E-state index in [0.29, 0.717) is 23.6 Å². The lowest BCUT2D eigenvalue weighted by molar-refractivity contribution is 0.0755.